The Morgan fingerprint density at radius 2 is 1.90 bits per heavy atom. The summed E-state index contributed by atoms with van der Waals surface area (Å²) in [5.74, 6) is -0.0606. The molecule has 1 aliphatic heterocycles. The lowest BCUT2D eigenvalue weighted by atomic mass is 10.0. The van der Waals surface area contributed by atoms with E-state index in [4.69, 9.17) is 4.84 Å². The summed E-state index contributed by atoms with van der Waals surface area (Å²) in [4.78, 5) is 35.5. The van der Waals surface area contributed by atoms with Crippen LogP contribution in [-0.4, -0.2) is 60.5 Å². The van der Waals surface area contributed by atoms with Crippen molar-refractivity contribution in [2.45, 2.75) is 64.6 Å². The number of urea groups is 1. The van der Waals surface area contributed by atoms with Gasteiger partial charge in [-0.15, -0.1) is 0 Å². The minimum atomic E-state index is -0.498. The molecule has 7 nitrogen and oxygen atoms in total. The molecule has 2 N–H and O–H groups in total. The van der Waals surface area contributed by atoms with Gasteiger partial charge < -0.3 is 15.1 Å². The lowest BCUT2D eigenvalue weighted by Gasteiger charge is -2.35. The van der Waals surface area contributed by atoms with Crippen LogP contribution in [0.1, 0.15) is 51.5 Å². The summed E-state index contributed by atoms with van der Waals surface area (Å²) in [6.07, 6.45) is 4.62. The van der Waals surface area contributed by atoms with Gasteiger partial charge in [-0.1, -0.05) is 44.2 Å². The van der Waals surface area contributed by atoms with E-state index in [1.165, 1.54) is 0 Å². The van der Waals surface area contributed by atoms with Gasteiger partial charge in [0.15, 0.2) is 0 Å². The van der Waals surface area contributed by atoms with Gasteiger partial charge >= 0.3 is 6.03 Å². The molecule has 3 rings (SSSR count). The molecule has 7 heteroatoms. The van der Waals surface area contributed by atoms with E-state index in [0.29, 0.717) is 13.0 Å². The maximum Gasteiger partial charge on any atom is 0.342 e. The molecule has 1 saturated heterocycles. The van der Waals surface area contributed by atoms with Crippen molar-refractivity contribution in [3.63, 3.8) is 0 Å². The molecule has 2 fully saturated rings. The highest BCUT2D eigenvalue weighted by molar-refractivity contribution is 5.87. The van der Waals surface area contributed by atoms with E-state index in [-0.39, 0.29) is 30.0 Å². The fraction of sp³-hybridized carbons (Fsp3) is 0.652. The summed E-state index contributed by atoms with van der Waals surface area (Å²) in [5, 5.41) is 3.19. The average Bonchev–Trinajstić information content (AvgIpc) is 3.47. The Kier molecular flexibility index (Phi) is 7.72. The zero-order valence-corrected chi connectivity index (χ0v) is 18.5. The van der Waals surface area contributed by atoms with E-state index in [1.807, 2.05) is 37.3 Å². The quantitative estimate of drug-likeness (QED) is 0.607. The molecule has 1 aromatic rings. The first-order chi connectivity index (χ1) is 14.4. The monoisotopic (exact) mass is 416 g/mol. The largest absolute Gasteiger partial charge is 0.351 e. The Morgan fingerprint density at radius 1 is 1.23 bits per heavy atom. The first kappa shape index (κ1) is 22.6. The van der Waals surface area contributed by atoms with Crippen LogP contribution in [0.15, 0.2) is 30.3 Å². The van der Waals surface area contributed by atoms with Gasteiger partial charge in [0.25, 0.3) is 0 Å². The van der Waals surface area contributed by atoms with Gasteiger partial charge in [-0.2, -0.15) is 0 Å². The van der Waals surface area contributed by atoms with E-state index >= 15 is 0 Å². The molecule has 1 atom stereocenters. The molecular formula is C23H36N4O3. The minimum absolute atomic E-state index is 0.0606. The Hall–Kier alpha value is -2.12. The smallest absolute Gasteiger partial charge is 0.342 e. The van der Waals surface area contributed by atoms with Crippen LogP contribution in [0.3, 0.4) is 0 Å². The second-order valence-corrected chi connectivity index (χ2v) is 9.13. The second kappa shape index (κ2) is 10.3. The van der Waals surface area contributed by atoms with Crippen molar-refractivity contribution in [1.82, 2.24) is 20.6 Å². The molecule has 0 aromatic heterocycles. The Labute approximate surface area is 180 Å². The summed E-state index contributed by atoms with van der Waals surface area (Å²) in [6.45, 7) is 6.94. The molecule has 0 spiro atoms. The SMILES string of the molecule is CCC(C(=O)NC1CCN(C)CC1)N(CC1(C)CC1)C(=O)NOCc1ccccc1. The zero-order valence-electron chi connectivity index (χ0n) is 18.5. The molecular weight excluding hydrogens is 380 g/mol. The van der Waals surface area contributed by atoms with Crippen LogP contribution < -0.4 is 10.8 Å². The molecule has 1 unspecified atom stereocenters. The number of carbonyl (C=O) groups is 2. The van der Waals surface area contributed by atoms with Crippen LogP contribution >= 0.6 is 0 Å². The van der Waals surface area contributed by atoms with Crippen molar-refractivity contribution >= 4 is 11.9 Å². The predicted molar refractivity (Wildman–Crippen MR) is 117 cm³/mol. The van der Waals surface area contributed by atoms with Gasteiger partial charge in [0.05, 0.1) is 6.61 Å². The van der Waals surface area contributed by atoms with Crippen molar-refractivity contribution in [3.8, 4) is 0 Å². The Bertz CT molecular complexity index is 700. The van der Waals surface area contributed by atoms with Crippen LogP contribution in [0.5, 0.6) is 0 Å². The van der Waals surface area contributed by atoms with Crippen molar-refractivity contribution in [2.24, 2.45) is 5.41 Å². The van der Waals surface area contributed by atoms with Gasteiger partial charge in [0, 0.05) is 12.6 Å². The van der Waals surface area contributed by atoms with Crippen LogP contribution in [0.2, 0.25) is 0 Å². The van der Waals surface area contributed by atoms with E-state index in [2.05, 4.69) is 29.7 Å². The maximum absolute atomic E-state index is 13.1. The fourth-order valence-corrected chi connectivity index (χ4v) is 3.92. The number of hydroxylamine groups is 1. The summed E-state index contributed by atoms with van der Waals surface area (Å²) in [7, 11) is 2.10. The van der Waals surface area contributed by atoms with E-state index in [1.54, 1.807) is 4.90 Å². The van der Waals surface area contributed by atoms with Crippen LogP contribution in [0.25, 0.3) is 0 Å². The number of carbonyl (C=O) groups excluding carboxylic acids is 2. The standard InChI is InChI=1S/C23H36N4O3/c1-4-20(21(28)24-19-10-14-26(3)15-11-19)27(17-23(2)12-13-23)22(29)25-30-16-18-8-6-5-7-9-18/h5-9,19-20H,4,10-17H2,1-3H3,(H,24,28)(H,25,29). The molecule has 2 aliphatic rings. The molecule has 0 radical (unpaired) electrons. The first-order valence-electron chi connectivity index (χ1n) is 11.1. The van der Waals surface area contributed by atoms with Gasteiger partial charge in [-0.3, -0.25) is 9.63 Å². The molecule has 1 aromatic carbocycles. The van der Waals surface area contributed by atoms with Crippen LogP contribution in [-0.2, 0) is 16.2 Å². The van der Waals surface area contributed by atoms with Gasteiger partial charge in [0.2, 0.25) is 5.91 Å². The number of hydrogen-bond acceptors (Lipinski definition) is 4. The summed E-state index contributed by atoms with van der Waals surface area (Å²) >= 11 is 0. The Balaban J connectivity index is 1.59. The van der Waals surface area contributed by atoms with Crippen molar-refractivity contribution in [1.29, 1.82) is 0 Å². The number of hydrogen-bond donors (Lipinski definition) is 2. The molecule has 30 heavy (non-hydrogen) atoms. The Morgan fingerprint density at radius 3 is 2.50 bits per heavy atom. The highest BCUT2D eigenvalue weighted by atomic mass is 16.7. The summed E-state index contributed by atoms with van der Waals surface area (Å²) in [6, 6.07) is 9.03. The van der Waals surface area contributed by atoms with Gasteiger partial charge in [0.1, 0.15) is 6.04 Å². The lowest BCUT2D eigenvalue weighted by Crippen LogP contribution is -2.56. The number of nitrogens with one attached hydrogen (secondary N) is 2. The summed E-state index contributed by atoms with van der Waals surface area (Å²) in [5.41, 5.74) is 3.63. The third-order valence-corrected chi connectivity index (χ3v) is 6.29. The maximum atomic E-state index is 13.1. The van der Waals surface area contributed by atoms with Crippen molar-refractivity contribution in [3.05, 3.63) is 35.9 Å². The van der Waals surface area contributed by atoms with Crippen molar-refractivity contribution in [2.75, 3.05) is 26.7 Å². The van der Waals surface area contributed by atoms with Crippen LogP contribution in [0.4, 0.5) is 4.79 Å². The summed E-state index contributed by atoms with van der Waals surface area (Å²) < 4.78 is 0. The van der Waals surface area contributed by atoms with E-state index in [0.717, 1.165) is 44.3 Å². The highest BCUT2D eigenvalue weighted by Gasteiger charge is 2.43. The van der Waals surface area contributed by atoms with E-state index < -0.39 is 6.04 Å². The number of amides is 3. The number of likely N-dealkylation sites (tertiary alicyclic amines) is 1. The number of piperidine rings is 1. The third-order valence-electron chi connectivity index (χ3n) is 6.29. The highest BCUT2D eigenvalue weighted by Crippen LogP contribution is 2.45. The first-order valence-corrected chi connectivity index (χ1v) is 11.1. The fourth-order valence-electron chi connectivity index (χ4n) is 3.92. The molecule has 0 bridgehead atoms. The number of nitrogens with zero attached hydrogens (tertiary/aromatic N) is 2. The minimum Gasteiger partial charge on any atom is -0.351 e. The predicted octanol–water partition coefficient (Wildman–Crippen LogP) is 2.92. The van der Waals surface area contributed by atoms with E-state index in [9.17, 15) is 9.59 Å². The molecule has 1 saturated carbocycles. The normalized spacial score (nSPS) is 19.7. The molecule has 166 valence electrons. The second-order valence-electron chi connectivity index (χ2n) is 9.13. The average molecular weight is 417 g/mol. The third kappa shape index (κ3) is 6.44. The molecule has 3 amide bonds. The van der Waals surface area contributed by atoms with Gasteiger partial charge in [-0.25, -0.2) is 10.3 Å². The zero-order chi connectivity index (χ0) is 21.6. The lowest BCUT2D eigenvalue weighted by molar-refractivity contribution is -0.127. The number of benzene rings is 1. The van der Waals surface area contributed by atoms with Crippen molar-refractivity contribution < 1.29 is 14.4 Å². The number of rotatable bonds is 9. The molecule has 1 heterocycles. The molecule has 1 aliphatic carbocycles. The topological polar surface area (TPSA) is 73.9 Å². The van der Waals surface area contributed by atoms with Crippen LogP contribution in [0, 0.1) is 5.41 Å². The van der Waals surface area contributed by atoms with Gasteiger partial charge in [-0.05, 0) is 63.2 Å².